The number of hydrogen-bond donors (Lipinski definition) is 2. The standard InChI is InChI=1S/C20H20N2O2/c1-24-20(23)11-10-15-6-8-16(9-7-15)13-21-14-18-12-17-4-2-3-5-19(17)22-18/h2-12,21-22H,13-14H2,1H3/b11-10+. The third kappa shape index (κ3) is 4.12. The minimum atomic E-state index is -0.348. The van der Waals surface area contributed by atoms with Crippen LogP contribution in [0.25, 0.3) is 17.0 Å². The Morgan fingerprint density at radius 3 is 2.67 bits per heavy atom. The predicted molar refractivity (Wildman–Crippen MR) is 96.3 cm³/mol. The van der Waals surface area contributed by atoms with Crippen molar-refractivity contribution in [3.05, 3.63) is 77.5 Å². The van der Waals surface area contributed by atoms with Crippen LogP contribution in [-0.2, 0) is 22.6 Å². The number of methoxy groups -OCH3 is 1. The molecule has 0 radical (unpaired) electrons. The first-order valence-corrected chi connectivity index (χ1v) is 7.87. The number of aromatic amines is 1. The van der Waals surface area contributed by atoms with Crippen molar-refractivity contribution in [2.45, 2.75) is 13.1 Å². The van der Waals surface area contributed by atoms with Crippen molar-refractivity contribution in [1.29, 1.82) is 0 Å². The van der Waals surface area contributed by atoms with Crippen LogP contribution >= 0.6 is 0 Å². The highest BCUT2D eigenvalue weighted by Crippen LogP contribution is 2.14. The van der Waals surface area contributed by atoms with E-state index in [1.54, 1.807) is 6.08 Å². The largest absolute Gasteiger partial charge is 0.466 e. The summed E-state index contributed by atoms with van der Waals surface area (Å²) in [5.74, 6) is -0.348. The molecule has 0 saturated heterocycles. The van der Waals surface area contributed by atoms with Crippen LogP contribution < -0.4 is 5.32 Å². The highest BCUT2D eigenvalue weighted by atomic mass is 16.5. The van der Waals surface area contributed by atoms with Gasteiger partial charge in [-0.2, -0.15) is 0 Å². The topological polar surface area (TPSA) is 54.1 Å². The zero-order chi connectivity index (χ0) is 16.8. The quantitative estimate of drug-likeness (QED) is 0.538. The van der Waals surface area contributed by atoms with E-state index in [0.29, 0.717) is 0 Å². The summed E-state index contributed by atoms with van der Waals surface area (Å²) in [6.07, 6.45) is 3.16. The van der Waals surface area contributed by atoms with E-state index in [0.717, 1.165) is 24.2 Å². The van der Waals surface area contributed by atoms with Gasteiger partial charge in [0, 0.05) is 30.4 Å². The molecule has 3 aromatic rings. The Morgan fingerprint density at radius 1 is 1.12 bits per heavy atom. The highest BCUT2D eigenvalue weighted by Gasteiger charge is 2.00. The van der Waals surface area contributed by atoms with E-state index in [1.165, 1.54) is 29.8 Å². The molecular weight excluding hydrogens is 300 g/mol. The molecule has 1 aromatic heterocycles. The number of rotatable bonds is 6. The molecule has 3 rings (SSSR count). The first kappa shape index (κ1) is 16.0. The van der Waals surface area contributed by atoms with Crippen molar-refractivity contribution in [2.24, 2.45) is 0 Å². The summed E-state index contributed by atoms with van der Waals surface area (Å²) in [7, 11) is 1.37. The number of ether oxygens (including phenoxy) is 1. The Balaban J connectivity index is 1.53. The molecule has 1 heterocycles. The van der Waals surface area contributed by atoms with E-state index >= 15 is 0 Å². The lowest BCUT2D eigenvalue weighted by Crippen LogP contribution is -2.12. The van der Waals surface area contributed by atoms with Gasteiger partial charge >= 0.3 is 5.97 Å². The Hall–Kier alpha value is -2.85. The van der Waals surface area contributed by atoms with Gasteiger partial charge in [-0.25, -0.2) is 4.79 Å². The van der Waals surface area contributed by atoms with Gasteiger partial charge in [0.05, 0.1) is 7.11 Å². The predicted octanol–water partition coefficient (Wildman–Crippen LogP) is 3.64. The first-order valence-electron chi connectivity index (χ1n) is 7.87. The van der Waals surface area contributed by atoms with Crippen molar-refractivity contribution in [3.8, 4) is 0 Å². The van der Waals surface area contributed by atoms with Crippen LogP contribution in [0.3, 0.4) is 0 Å². The van der Waals surface area contributed by atoms with Crippen molar-refractivity contribution < 1.29 is 9.53 Å². The second-order valence-electron chi connectivity index (χ2n) is 5.58. The Labute approximate surface area is 141 Å². The van der Waals surface area contributed by atoms with E-state index < -0.39 is 0 Å². The highest BCUT2D eigenvalue weighted by molar-refractivity contribution is 5.86. The van der Waals surface area contributed by atoms with Gasteiger partial charge in [0.15, 0.2) is 0 Å². The van der Waals surface area contributed by atoms with Gasteiger partial charge in [-0.1, -0.05) is 42.5 Å². The molecule has 0 unspecified atom stereocenters. The van der Waals surface area contributed by atoms with Crippen LogP contribution in [0, 0.1) is 0 Å². The molecule has 0 bridgehead atoms. The number of aromatic nitrogens is 1. The summed E-state index contributed by atoms with van der Waals surface area (Å²) in [6, 6.07) is 18.5. The van der Waals surface area contributed by atoms with Gasteiger partial charge in [-0.05, 0) is 34.7 Å². The van der Waals surface area contributed by atoms with Crippen LogP contribution in [0.2, 0.25) is 0 Å². The third-order valence-electron chi connectivity index (χ3n) is 3.82. The van der Waals surface area contributed by atoms with E-state index in [1.807, 2.05) is 24.3 Å². The number of benzene rings is 2. The fraction of sp³-hybridized carbons (Fsp3) is 0.150. The lowest BCUT2D eigenvalue weighted by molar-refractivity contribution is -0.134. The molecular formula is C20H20N2O2. The SMILES string of the molecule is COC(=O)/C=C/c1ccc(CNCc2cc3ccccc3[nH]2)cc1. The zero-order valence-corrected chi connectivity index (χ0v) is 13.6. The molecule has 0 saturated carbocycles. The smallest absolute Gasteiger partial charge is 0.330 e. The molecule has 0 aliphatic rings. The third-order valence-corrected chi connectivity index (χ3v) is 3.82. The van der Waals surface area contributed by atoms with Gasteiger partial charge in [0.2, 0.25) is 0 Å². The van der Waals surface area contributed by atoms with Crippen LogP contribution in [0.5, 0.6) is 0 Å². The van der Waals surface area contributed by atoms with Crippen molar-refractivity contribution in [1.82, 2.24) is 10.3 Å². The van der Waals surface area contributed by atoms with Crippen LogP contribution in [-0.4, -0.2) is 18.1 Å². The molecule has 4 nitrogen and oxygen atoms in total. The average molecular weight is 320 g/mol. The van der Waals surface area contributed by atoms with E-state index in [-0.39, 0.29) is 5.97 Å². The number of nitrogens with one attached hydrogen (secondary N) is 2. The van der Waals surface area contributed by atoms with Crippen molar-refractivity contribution in [2.75, 3.05) is 7.11 Å². The second-order valence-corrected chi connectivity index (χ2v) is 5.58. The number of fused-ring (bicyclic) bond motifs is 1. The molecule has 0 amide bonds. The molecule has 122 valence electrons. The fourth-order valence-corrected chi connectivity index (χ4v) is 2.55. The number of esters is 1. The minimum absolute atomic E-state index is 0.348. The lowest BCUT2D eigenvalue weighted by atomic mass is 10.1. The normalized spacial score (nSPS) is 11.2. The molecule has 24 heavy (non-hydrogen) atoms. The maximum Gasteiger partial charge on any atom is 0.330 e. The molecule has 0 spiro atoms. The molecule has 4 heteroatoms. The fourth-order valence-electron chi connectivity index (χ4n) is 2.55. The number of H-pyrrole nitrogens is 1. The second kappa shape index (κ2) is 7.62. The average Bonchev–Trinajstić information content (AvgIpc) is 3.03. The van der Waals surface area contributed by atoms with Crippen LogP contribution in [0.4, 0.5) is 0 Å². The number of carbonyl (C=O) groups is 1. The summed E-state index contributed by atoms with van der Waals surface area (Å²) < 4.78 is 4.57. The van der Waals surface area contributed by atoms with E-state index in [4.69, 9.17) is 0 Å². The molecule has 0 atom stereocenters. The number of para-hydroxylation sites is 1. The maximum atomic E-state index is 11.1. The zero-order valence-electron chi connectivity index (χ0n) is 13.6. The molecule has 0 aliphatic heterocycles. The number of carbonyl (C=O) groups excluding carboxylic acids is 1. The molecule has 2 aromatic carbocycles. The Kier molecular flexibility index (Phi) is 5.08. The minimum Gasteiger partial charge on any atom is -0.466 e. The van der Waals surface area contributed by atoms with Crippen molar-refractivity contribution >= 4 is 22.9 Å². The van der Waals surface area contributed by atoms with E-state index in [2.05, 4.69) is 45.4 Å². The maximum absolute atomic E-state index is 11.1. The summed E-state index contributed by atoms with van der Waals surface area (Å²) >= 11 is 0. The van der Waals surface area contributed by atoms with Gasteiger partial charge in [0.1, 0.15) is 0 Å². The van der Waals surface area contributed by atoms with Gasteiger partial charge in [-0.15, -0.1) is 0 Å². The van der Waals surface area contributed by atoms with Gasteiger partial charge < -0.3 is 15.0 Å². The van der Waals surface area contributed by atoms with Crippen molar-refractivity contribution in [3.63, 3.8) is 0 Å². The van der Waals surface area contributed by atoms with Crippen LogP contribution in [0.1, 0.15) is 16.8 Å². The summed E-state index contributed by atoms with van der Waals surface area (Å²) in [5, 5.41) is 4.67. The summed E-state index contributed by atoms with van der Waals surface area (Å²) in [4.78, 5) is 14.5. The Morgan fingerprint density at radius 2 is 1.92 bits per heavy atom. The number of hydrogen-bond acceptors (Lipinski definition) is 3. The molecule has 0 aliphatic carbocycles. The summed E-state index contributed by atoms with van der Waals surface area (Å²) in [5.41, 5.74) is 4.51. The van der Waals surface area contributed by atoms with Gasteiger partial charge in [0.25, 0.3) is 0 Å². The lowest BCUT2D eigenvalue weighted by Gasteiger charge is -2.04. The first-order chi connectivity index (χ1) is 11.7. The van der Waals surface area contributed by atoms with Gasteiger partial charge in [-0.3, -0.25) is 0 Å². The van der Waals surface area contributed by atoms with Crippen LogP contribution in [0.15, 0.2) is 60.7 Å². The monoisotopic (exact) mass is 320 g/mol. The summed E-state index contributed by atoms with van der Waals surface area (Å²) in [6.45, 7) is 1.58. The molecule has 0 fully saturated rings. The van der Waals surface area contributed by atoms with E-state index in [9.17, 15) is 4.79 Å². The molecule has 2 N–H and O–H groups in total. The Bertz CT molecular complexity index is 814.